The molecule has 3 atom stereocenters. The number of nitrogens with zero attached hydrogens (tertiary/aromatic N) is 2. The number of rotatable bonds is 4. The summed E-state index contributed by atoms with van der Waals surface area (Å²) in [5.41, 5.74) is 0. The van der Waals surface area contributed by atoms with Crippen molar-refractivity contribution < 1.29 is 9.90 Å². The summed E-state index contributed by atoms with van der Waals surface area (Å²) < 4.78 is 2.12. The van der Waals surface area contributed by atoms with Crippen molar-refractivity contribution in [2.24, 2.45) is 11.8 Å². The van der Waals surface area contributed by atoms with Crippen LogP contribution in [0.1, 0.15) is 64.2 Å². The summed E-state index contributed by atoms with van der Waals surface area (Å²) in [6.07, 6.45) is 7.67. The van der Waals surface area contributed by atoms with E-state index in [0.29, 0.717) is 11.8 Å². The fourth-order valence-corrected chi connectivity index (χ4v) is 3.25. The van der Waals surface area contributed by atoms with Crippen LogP contribution in [0.15, 0.2) is 12.4 Å². The van der Waals surface area contributed by atoms with Crippen LogP contribution >= 0.6 is 0 Å². The molecule has 0 radical (unpaired) electrons. The lowest BCUT2D eigenvalue weighted by molar-refractivity contribution is -0.145. The van der Waals surface area contributed by atoms with Gasteiger partial charge in [-0.05, 0) is 25.2 Å². The fraction of sp³-hybridized carbons (Fsp3) is 0.733. The molecule has 1 aromatic heterocycles. The van der Waals surface area contributed by atoms with Crippen molar-refractivity contribution in [3.05, 3.63) is 18.2 Å². The van der Waals surface area contributed by atoms with Crippen molar-refractivity contribution in [3.8, 4) is 0 Å². The number of carboxylic acid groups (broad SMARTS) is 1. The minimum Gasteiger partial charge on any atom is -0.481 e. The van der Waals surface area contributed by atoms with Gasteiger partial charge in [-0.1, -0.05) is 27.2 Å². The topological polar surface area (TPSA) is 55.1 Å². The highest BCUT2D eigenvalue weighted by molar-refractivity contribution is 5.70. The molecule has 1 aliphatic carbocycles. The van der Waals surface area contributed by atoms with Gasteiger partial charge in [0, 0.05) is 24.4 Å². The van der Waals surface area contributed by atoms with Gasteiger partial charge in [0.15, 0.2) is 0 Å². The molecule has 4 nitrogen and oxygen atoms in total. The molecule has 1 saturated carbocycles. The Morgan fingerprint density at radius 1 is 1.53 bits per heavy atom. The predicted octanol–water partition coefficient (Wildman–Crippen LogP) is 3.46. The number of hydrogen-bond acceptors (Lipinski definition) is 2. The van der Waals surface area contributed by atoms with Crippen LogP contribution in [0.25, 0.3) is 0 Å². The second-order valence-corrected chi connectivity index (χ2v) is 5.95. The number of carbonyl (C=O) groups is 1. The Labute approximate surface area is 114 Å². The first-order valence-corrected chi connectivity index (χ1v) is 7.30. The highest BCUT2D eigenvalue weighted by atomic mass is 16.4. The molecule has 1 aliphatic rings. The van der Waals surface area contributed by atoms with Crippen LogP contribution in [-0.2, 0) is 4.79 Å². The first-order chi connectivity index (χ1) is 9.04. The van der Waals surface area contributed by atoms with Crippen LogP contribution < -0.4 is 0 Å². The lowest BCUT2D eigenvalue weighted by atomic mass is 9.77. The van der Waals surface area contributed by atoms with E-state index in [1.165, 1.54) is 0 Å². The molecule has 1 fully saturated rings. The predicted molar refractivity (Wildman–Crippen MR) is 74.1 cm³/mol. The quantitative estimate of drug-likeness (QED) is 0.906. The van der Waals surface area contributed by atoms with Gasteiger partial charge in [0.05, 0.1) is 5.92 Å². The van der Waals surface area contributed by atoms with Crippen LogP contribution in [0.2, 0.25) is 0 Å². The molecule has 0 aromatic carbocycles. The summed E-state index contributed by atoms with van der Waals surface area (Å²) in [7, 11) is 0. The van der Waals surface area contributed by atoms with Gasteiger partial charge in [-0.25, -0.2) is 4.98 Å². The van der Waals surface area contributed by atoms with Gasteiger partial charge in [0.1, 0.15) is 5.82 Å². The highest BCUT2D eigenvalue weighted by Crippen LogP contribution is 2.40. The average molecular weight is 264 g/mol. The summed E-state index contributed by atoms with van der Waals surface area (Å²) in [6, 6.07) is 0.0658. The van der Waals surface area contributed by atoms with Crippen molar-refractivity contribution in [3.63, 3.8) is 0 Å². The molecular weight excluding hydrogens is 240 g/mol. The second-order valence-electron chi connectivity index (χ2n) is 5.95. The zero-order chi connectivity index (χ0) is 14.0. The third-order valence-electron chi connectivity index (χ3n) is 4.39. The molecule has 4 heteroatoms. The molecule has 1 heterocycles. The van der Waals surface area contributed by atoms with Crippen molar-refractivity contribution in [1.29, 1.82) is 0 Å². The molecule has 19 heavy (non-hydrogen) atoms. The van der Waals surface area contributed by atoms with Gasteiger partial charge in [0.25, 0.3) is 0 Å². The fourth-order valence-electron chi connectivity index (χ4n) is 3.25. The van der Waals surface area contributed by atoms with Crippen LogP contribution in [-0.4, -0.2) is 20.6 Å². The first-order valence-electron chi connectivity index (χ1n) is 7.30. The van der Waals surface area contributed by atoms with Crippen LogP contribution in [0.3, 0.4) is 0 Å². The third-order valence-corrected chi connectivity index (χ3v) is 4.39. The van der Waals surface area contributed by atoms with E-state index in [1.54, 1.807) is 6.20 Å². The molecule has 0 bridgehead atoms. The first kappa shape index (κ1) is 14.1. The monoisotopic (exact) mass is 264 g/mol. The van der Waals surface area contributed by atoms with Gasteiger partial charge < -0.3 is 9.67 Å². The Hall–Kier alpha value is -1.32. The van der Waals surface area contributed by atoms with E-state index in [1.807, 2.05) is 6.20 Å². The Morgan fingerprint density at radius 3 is 2.84 bits per heavy atom. The van der Waals surface area contributed by atoms with E-state index < -0.39 is 5.97 Å². The normalized spacial score (nSPS) is 27.7. The lowest BCUT2D eigenvalue weighted by Crippen LogP contribution is -2.33. The minimum atomic E-state index is -0.664. The standard InChI is InChI=1S/C15H24N2O2/c1-4-11-5-6-12(15(18)19)13(9-11)17-8-7-16-14(17)10(2)3/h7-8,10-13H,4-6,9H2,1-3H3,(H,18,19). The Balaban J connectivity index is 2.30. The number of aliphatic carboxylic acids is 1. The van der Waals surface area contributed by atoms with Crippen LogP contribution in [0.5, 0.6) is 0 Å². The second kappa shape index (κ2) is 5.76. The summed E-state index contributed by atoms with van der Waals surface area (Å²) in [6.45, 7) is 6.41. The van der Waals surface area contributed by atoms with Crippen molar-refractivity contribution in [1.82, 2.24) is 9.55 Å². The molecule has 0 saturated heterocycles. The molecule has 0 amide bonds. The van der Waals surface area contributed by atoms with Gasteiger partial charge in [-0.3, -0.25) is 4.79 Å². The maximum Gasteiger partial charge on any atom is 0.308 e. The van der Waals surface area contributed by atoms with Gasteiger partial charge >= 0.3 is 5.97 Å². The SMILES string of the molecule is CCC1CCC(C(=O)O)C(n2ccnc2C(C)C)C1. The highest BCUT2D eigenvalue weighted by Gasteiger charge is 2.36. The van der Waals surface area contributed by atoms with Crippen molar-refractivity contribution >= 4 is 5.97 Å². The maximum absolute atomic E-state index is 11.5. The Morgan fingerprint density at radius 2 is 2.26 bits per heavy atom. The van der Waals surface area contributed by atoms with Crippen LogP contribution in [0.4, 0.5) is 0 Å². The Bertz CT molecular complexity index is 439. The molecule has 2 rings (SSSR count). The number of aromatic nitrogens is 2. The minimum absolute atomic E-state index is 0.0658. The third kappa shape index (κ3) is 2.82. The summed E-state index contributed by atoms with van der Waals surface area (Å²) in [4.78, 5) is 15.9. The van der Waals surface area contributed by atoms with E-state index in [4.69, 9.17) is 0 Å². The number of imidazole rings is 1. The van der Waals surface area contributed by atoms with Gasteiger partial charge in [0.2, 0.25) is 0 Å². The van der Waals surface area contributed by atoms with E-state index in [2.05, 4.69) is 30.3 Å². The zero-order valence-corrected chi connectivity index (χ0v) is 12.0. The van der Waals surface area contributed by atoms with Crippen LogP contribution in [0, 0.1) is 11.8 Å². The van der Waals surface area contributed by atoms with E-state index in [0.717, 1.165) is 31.5 Å². The average Bonchev–Trinajstić information content (AvgIpc) is 2.87. The summed E-state index contributed by atoms with van der Waals surface area (Å²) in [5.74, 6) is 1.04. The molecule has 1 N–H and O–H groups in total. The smallest absolute Gasteiger partial charge is 0.308 e. The van der Waals surface area contributed by atoms with Gasteiger partial charge in [-0.2, -0.15) is 0 Å². The van der Waals surface area contributed by atoms with Gasteiger partial charge in [-0.15, -0.1) is 0 Å². The largest absolute Gasteiger partial charge is 0.481 e. The Kier molecular flexibility index (Phi) is 4.27. The van der Waals surface area contributed by atoms with E-state index >= 15 is 0 Å². The maximum atomic E-state index is 11.5. The van der Waals surface area contributed by atoms with E-state index in [-0.39, 0.29) is 12.0 Å². The lowest BCUT2D eigenvalue weighted by Gasteiger charge is -2.35. The summed E-state index contributed by atoms with van der Waals surface area (Å²) >= 11 is 0. The van der Waals surface area contributed by atoms with Crippen molar-refractivity contribution in [2.45, 2.75) is 58.4 Å². The molecular formula is C15H24N2O2. The summed E-state index contributed by atoms with van der Waals surface area (Å²) in [5, 5.41) is 9.46. The number of carboxylic acids is 1. The van der Waals surface area contributed by atoms with Crippen molar-refractivity contribution in [2.75, 3.05) is 0 Å². The number of hydrogen-bond donors (Lipinski definition) is 1. The molecule has 0 aliphatic heterocycles. The van der Waals surface area contributed by atoms with E-state index in [9.17, 15) is 9.90 Å². The molecule has 3 unspecified atom stereocenters. The molecule has 1 aromatic rings. The molecule has 0 spiro atoms. The molecule has 106 valence electrons. The zero-order valence-electron chi connectivity index (χ0n) is 12.0.